The van der Waals surface area contributed by atoms with Crippen molar-refractivity contribution in [1.29, 1.82) is 0 Å². The molecule has 3 fully saturated rings. The van der Waals surface area contributed by atoms with Gasteiger partial charge in [-0.05, 0) is 17.5 Å². The molecule has 0 aliphatic carbocycles. The van der Waals surface area contributed by atoms with E-state index in [9.17, 15) is 14.4 Å². The molecule has 0 saturated carbocycles. The number of nitrogens with one attached hydrogen (secondary N) is 3. The number of hydrogen-bond acceptors (Lipinski definition) is 7. The van der Waals surface area contributed by atoms with Gasteiger partial charge in [-0.25, -0.2) is 0 Å². The van der Waals surface area contributed by atoms with Crippen LogP contribution in [-0.2, 0) is 32.2 Å². The Balaban J connectivity index is 1.23. The number of ether oxygens (including phenoxy) is 2. The minimum atomic E-state index is -0.594. The van der Waals surface area contributed by atoms with Crippen molar-refractivity contribution in [3.63, 3.8) is 0 Å². The first-order valence-electron chi connectivity index (χ1n) is 10.5. The second kappa shape index (κ2) is 7.73. The molecule has 2 unspecified atom stereocenters. The highest BCUT2D eigenvalue weighted by atomic mass is 16.6. The Morgan fingerprint density at radius 2 is 2.10 bits per heavy atom. The molecule has 4 aliphatic heterocycles. The minimum absolute atomic E-state index is 0.0201. The Labute approximate surface area is 174 Å². The summed E-state index contributed by atoms with van der Waals surface area (Å²) in [6.07, 6.45) is 0.604. The van der Waals surface area contributed by atoms with Crippen LogP contribution < -0.4 is 16.0 Å². The number of hydrogen-bond donors (Lipinski definition) is 3. The molecular weight excluding hydrogens is 388 g/mol. The number of benzene rings is 1. The smallest absolute Gasteiger partial charge is 0.255 e. The molecule has 3 amide bonds. The number of amides is 3. The molecule has 1 aromatic rings. The fourth-order valence-corrected chi connectivity index (χ4v) is 4.69. The van der Waals surface area contributed by atoms with Gasteiger partial charge in [-0.15, -0.1) is 0 Å². The van der Waals surface area contributed by atoms with Crippen LogP contribution >= 0.6 is 0 Å². The first kappa shape index (κ1) is 19.6. The average molecular weight is 414 g/mol. The summed E-state index contributed by atoms with van der Waals surface area (Å²) >= 11 is 0. The summed E-state index contributed by atoms with van der Waals surface area (Å²) in [6.45, 7) is 4.39. The SMILES string of the molecule is O=C1CCC(N2Cc3cccc(CNCC4COCC5(CNC5)O4)c3C2=O)C(=O)N1. The van der Waals surface area contributed by atoms with Gasteiger partial charge in [0.15, 0.2) is 0 Å². The Bertz CT molecular complexity index is 884. The lowest BCUT2D eigenvalue weighted by Gasteiger charge is -2.47. The fraction of sp³-hybridized carbons (Fsp3) is 0.571. The van der Waals surface area contributed by atoms with Crippen molar-refractivity contribution in [2.24, 2.45) is 0 Å². The molecular formula is C21H26N4O5. The topological polar surface area (TPSA) is 109 Å². The van der Waals surface area contributed by atoms with Crippen LogP contribution in [0.4, 0.5) is 0 Å². The number of fused-ring (bicyclic) bond motifs is 1. The lowest BCUT2D eigenvalue weighted by atomic mass is 9.96. The number of carbonyl (C=O) groups is 3. The maximum absolute atomic E-state index is 13.1. The predicted octanol–water partition coefficient (Wildman–Crippen LogP) is -0.705. The van der Waals surface area contributed by atoms with E-state index in [0.29, 0.717) is 44.8 Å². The zero-order chi connectivity index (χ0) is 20.7. The molecule has 160 valence electrons. The number of rotatable bonds is 5. The Hall–Kier alpha value is -2.33. The largest absolute Gasteiger partial charge is 0.376 e. The highest BCUT2D eigenvalue weighted by molar-refractivity contribution is 6.05. The monoisotopic (exact) mass is 414 g/mol. The second-order valence-electron chi connectivity index (χ2n) is 8.52. The predicted molar refractivity (Wildman–Crippen MR) is 105 cm³/mol. The zero-order valence-electron chi connectivity index (χ0n) is 16.7. The van der Waals surface area contributed by atoms with E-state index in [2.05, 4.69) is 16.0 Å². The summed E-state index contributed by atoms with van der Waals surface area (Å²) in [5.41, 5.74) is 2.30. The van der Waals surface area contributed by atoms with Crippen LogP contribution in [0.25, 0.3) is 0 Å². The van der Waals surface area contributed by atoms with Crippen LogP contribution in [0, 0.1) is 0 Å². The third-order valence-electron chi connectivity index (χ3n) is 6.31. The molecule has 3 saturated heterocycles. The van der Waals surface area contributed by atoms with E-state index in [1.54, 1.807) is 4.90 Å². The van der Waals surface area contributed by atoms with Crippen LogP contribution in [0.2, 0.25) is 0 Å². The second-order valence-corrected chi connectivity index (χ2v) is 8.52. The van der Waals surface area contributed by atoms with E-state index in [0.717, 1.165) is 24.2 Å². The maximum atomic E-state index is 13.1. The molecule has 4 aliphatic rings. The van der Waals surface area contributed by atoms with E-state index >= 15 is 0 Å². The van der Waals surface area contributed by atoms with Crippen LogP contribution in [0.15, 0.2) is 18.2 Å². The number of carbonyl (C=O) groups excluding carboxylic acids is 3. The van der Waals surface area contributed by atoms with Crippen LogP contribution in [0.5, 0.6) is 0 Å². The maximum Gasteiger partial charge on any atom is 0.255 e. The van der Waals surface area contributed by atoms with Crippen molar-refractivity contribution in [2.75, 3.05) is 32.8 Å². The molecule has 4 heterocycles. The van der Waals surface area contributed by atoms with Gasteiger partial charge in [-0.3, -0.25) is 19.7 Å². The van der Waals surface area contributed by atoms with Crippen molar-refractivity contribution < 1.29 is 23.9 Å². The van der Waals surface area contributed by atoms with E-state index in [1.807, 2.05) is 18.2 Å². The van der Waals surface area contributed by atoms with E-state index in [1.165, 1.54) is 0 Å². The molecule has 9 heteroatoms. The summed E-state index contributed by atoms with van der Waals surface area (Å²) < 4.78 is 11.9. The highest BCUT2D eigenvalue weighted by Crippen LogP contribution is 2.30. The normalized spacial score (nSPS) is 27.7. The molecule has 2 atom stereocenters. The van der Waals surface area contributed by atoms with Gasteiger partial charge in [0.1, 0.15) is 11.6 Å². The quantitative estimate of drug-likeness (QED) is 0.547. The van der Waals surface area contributed by atoms with Crippen molar-refractivity contribution in [2.45, 2.75) is 43.7 Å². The molecule has 0 bridgehead atoms. The van der Waals surface area contributed by atoms with Gasteiger partial charge < -0.3 is 25.0 Å². The Morgan fingerprint density at radius 3 is 2.87 bits per heavy atom. The molecule has 0 aromatic heterocycles. The first-order valence-corrected chi connectivity index (χ1v) is 10.5. The Kier molecular flexibility index (Phi) is 5.06. The number of nitrogens with zero attached hydrogens (tertiary/aromatic N) is 1. The van der Waals surface area contributed by atoms with Crippen molar-refractivity contribution in [3.8, 4) is 0 Å². The fourth-order valence-electron chi connectivity index (χ4n) is 4.69. The average Bonchev–Trinajstić information content (AvgIpc) is 3.04. The molecule has 5 rings (SSSR count). The van der Waals surface area contributed by atoms with Gasteiger partial charge in [-0.1, -0.05) is 18.2 Å². The van der Waals surface area contributed by atoms with E-state index in [4.69, 9.17) is 9.47 Å². The zero-order valence-corrected chi connectivity index (χ0v) is 16.7. The standard InChI is InChI=1S/C21H26N4O5/c26-17-5-4-16(19(27)24-17)25-8-14-3-1-2-13(18(14)20(25)28)6-22-7-15-9-29-12-21(30-15)10-23-11-21/h1-3,15-16,22-23H,4-12H2,(H,24,26,27). The molecule has 1 aromatic carbocycles. The molecule has 1 spiro atoms. The molecule has 0 radical (unpaired) electrons. The van der Waals surface area contributed by atoms with Gasteiger partial charge in [-0.2, -0.15) is 0 Å². The van der Waals surface area contributed by atoms with Crippen molar-refractivity contribution in [3.05, 3.63) is 34.9 Å². The minimum Gasteiger partial charge on any atom is -0.376 e. The van der Waals surface area contributed by atoms with Gasteiger partial charge in [0.05, 0.1) is 19.3 Å². The molecule has 9 nitrogen and oxygen atoms in total. The third kappa shape index (κ3) is 3.51. The van der Waals surface area contributed by atoms with Crippen LogP contribution in [0.1, 0.15) is 34.3 Å². The lowest BCUT2D eigenvalue weighted by molar-refractivity contribution is -0.214. The highest BCUT2D eigenvalue weighted by Gasteiger charge is 2.43. The molecule has 30 heavy (non-hydrogen) atoms. The summed E-state index contributed by atoms with van der Waals surface area (Å²) in [6, 6.07) is 5.21. The van der Waals surface area contributed by atoms with Gasteiger partial charge in [0, 0.05) is 44.7 Å². The number of piperidine rings is 1. The van der Waals surface area contributed by atoms with Crippen LogP contribution in [0.3, 0.4) is 0 Å². The summed E-state index contributed by atoms with van der Waals surface area (Å²) in [7, 11) is 0. The van der Waals surface area contributed by atoms with Crippen molar-refractivity contribution in [1.82, 2.24) is 20.9 Å². The van der Waals surface area contributed by atoms with E-state index < -0.39 is 6.04 Å². The summed E-state index contributed by atoms with van der Waals surface area (Å²) in [4.78, 5) is 38.4. The number of imide groups is 1. The summed E-state index contributed by atoms with van der Waals surface area (Å²) in [5.74, 6) is -0.812. The first-order chi connectivity index (χ1) is 14.5. The van der Waals surface area contributed by atoms with Crippen molar-refractivity contribution >= 4 is 17.7 Å². The van der Waals surface area contributed by atoms with Gasteiger partial charge >= 0.3 is 0 Å². The molecule has 3 N–H and O–H groups in total. The van der Waals surface area contributed by atoms with E-state index in [-0.39, 0.29) is 35.8 Å². The van der Waals surface area contributed by atoms with Gasteiger partial charge in [0.2, 0.25) is 11.8 Å². The van der Waals surface area contributed by atoms with Crippen LogP contribution in [-0.4, -0.2) is 73.2 Å². The lowest BCUT2D eigenvalue weighted by Crippen LogP contribution is -2.67. The third-order valence-corrected chi connectivity index (χ3v) is 6.31. The Morgan fingerprint density at radius 1 is 1.23 bits per heavy atom. The van der Waals surface area contributed by atoms with Gasteiger partial charge in [0.25, 0.3) is 5.91 Å². The summed E-state index contributed by atoms with van der Waals surface area (Å²) in [5, 5.41) is 8.97.